The van der Waals surface area contributed by atoms with Crippen LogP contribution >= 0.6 is 0 Å². The lowest BCUT2D eigenvalue weighted by molar-refractivity contribution is 1.20. The molecule has 0 fully saturated rings. The first kappa shape index (κ1) is 11.1. The minimum Gasteiger partial charge on any atom is -0.256 e. The van der Waals surface area contributed by atoms with E-state index in [0.29, 0.717) is 5.56 Å². The van der Waals surface area contributed by atoms with Crippen molar-refractivity contribution >= 4 is 0 Å². The molecule has 2 aromatic rings. The van der Waals surface area contributed by atoms with Crippen LogP contribution in [0.25, 0.3) is 11.3 Å². The number of hydrogen-bond acceptors (Lipinski definition) is 2. The summed E-state index contributed by atoms with van der Waals surface area (Å²) in [6.45, 7) is 3.70. The third-order valence-electron chi connectivity index (χ3n) is 2.51. The minimum atomic E-state index is 0.664. The highest BCUT2D eigenvalue weighted by Crippen LogP contribution is 2.17. The second-order valence-corrected chi connectivity index (χ2v) is 3.73. The van der Waals surface area contributed by atoms with Gasteiger partial charge in [-0.15, -0.1) is 6.58 Å². The number of rotatable bonds is 3. The van der Waals surface area contributed by atoms with Crippen LogP contribution in [0.1, 0.15) is 11.1 Å². The Labute approximate surface area is 101 Å². The smallest absolute Gasteiger partial charge is 0.0991 e. The minimum absolute atomic E-state index is 0.664. The zero-order chi connectivity index (χ0) is 12.1. The summed E-state index contributed by atoms with van der Waals surface area (Å²) in [5.41, 5.74) is 3.76. The summed E-state index contributed by atoms with van der Waals surface area (Å²) in [7, 11) is 0. The maximum absolute atomic E-state index is 8.72. The van der Waals surface area contributed by atoms with E-state index in [2.05, 4.69) is 17.6 Å². The van der Waals surface area contributed by atoms with Gasteiger partial charge in [0, 0.05) is 11.8 Å². The van der Waals surface area contributed by atoms with Crippen LogP contribution in [0.3, 0.4) is 0 Å². The van der Waals surface area contributed by atoms with Crippen molar-refractivity contribution in [2.24, 2.45) is 0 Å². The van der Waals surface area contributed by atoms with E-state index in [1.165, 1.54) is 0 Å². The average Bonchev–Trinajstić information content (AvgIpc) is 2.40. The highest BCUT2D eigenvalue weighted by Gasteiger charge is 1.99. The van der Waals surface area contributed by atoms with Gasteiger partial charge >= 0.3 is 0 Å². The van der Waals surface area contributed by atoms with Crippen molar-refractivity contribution in [3.05, 3.63) is 66.4 Å². The number of pyridine rings is 1. The van der Waals surface area contributed by atoms with Crippen molar-refractivity contribution in [2.75, 3.05) is 0 Å². The molecule has 0 aliphatic rings. The Morgan fingerprint density at radius 1 is 1.18 bits per heavy atom. The number of allylic oxidation sites excluding steroid dienone is 1. The third kappa shape index (κ3) is 2.59. The van der Waals surface area contributed by atoms with Crippen molar-refractivity contribution in [1.29, 1.82) is 5.26 Å². The monoisotopic (exact) mass is 220 g/mol. The van der Waals surface area contributed by atoms with E-state index in [9.17, 15) is 0 Å². The van der Waals surface area contributed by atoms with Crippen molar-refractivity contribution in [2.45, 2.75) is 6.42 Å². The highest BCUT2D eigenvalue weighted by molar-refractivity contribution is 5.60. The first-order chi connectivity index (χ1) is 8.33. The molecule has 2 nitrogen and oxygen atoms in total. The van der Waals surface area contributed by atoms with E-state index in [0.717, 1.165) is 23.2 Å². The number of aromatic nitrogens is 1. The maximum Gasteiger partial charge on any atom is 0.0991 e. The van der Waals surface area contributed by atoms with Gasteiger partial charge in [-0.2, -0.15) is 5.26 Å². The van der Waals surface area contributed by atoms with Gasteiger partial charge in [-0.1, -0.05) is 24.3 Å². The second kappa shape index (κ2) is 5.09. The molecule has 82 valence electrons. The maximum atomic E-state index is 8.72. The van der Waals surface area contributed by atoms with Crippen LogP contribution in [0.4, 0.5) is 0 Å². The molecule has 1 heterocycles. The van der Waals surface area contributed by atoms with E-state index in [1.54, 1.807) is 12.1 Å². The summed E-state index contributed by atoms with van der Waals surface area (Å²) >= 11 is 0. The van der Waals surface area contributed by atoms with Crippen LogP contribution in [0.5, 0.6) is 0 Å². The molecule has 2 heteroatoms. The Balaban J connectivity index is 2.27. The summed E-state index contributed by atoms with van der Waals surface area (Å²) in [6, 6.07) is 13.6. The highest BCUT2D eigenvalue weighted by atomic mass is 14.7. The topological polar surface area (TPSA) is 36.7 Å². The van der Waals surface area contributed by atoms with Gasteiger partial charge in [0.2, 0.25) is 0 Å². The van der Waals surface area contributed by atoms with Crippen molar-refractivity contribution in [3.8, 4) is 17.3 Å². The second-order valence-electron chi connectivity index (χ2n) is 3.73. The lowest BCUT2D eigenvalue weighted by Crippen LogP contribution is -1.87. The molecule has 0 atom stereocenters. The SMILES string of the molecule is C=CCc1ccc(-c2ccc(C#N)cc2)nc1. The lowest BCUT2D eigenvalue weighted by Gasteiger charge is -2.02. The Morgan fingerprint density at radius 2 is 1.94 bits per heavy atom. The van der Waals surface area contributed by atoms with Crippen LogP contribution in [0.15, 0.2) is 55.3 Å². The number of benzene rings is 1. The molecule has 0 N–H and O–H groups in total. The predicted molar refractivity (Wildman–Crippen MR) is 68.3 cm³/mol. The lowest BCUT2D eigenvalue weighted by atomic mass is 10.1. The van der Waals surface area contributed by atoms with E-state index in [1.807, 2.05) is 36.5 Å². The fourth-order valence-corrected chi connectivity index (χ4v) is 1.60. The summed E-state index contributed by atoms with van der Waals surface area (Å²) in [5, 5.41) is 8.72. The quantitative estimate of drug-likeness (QED) is 0.744. The fourth-order valence-electron chi connectivity index (χ4n) is 1.60. The predicted octanol–water partition coefficient (Wildman–Crippen LogP) is 3.35. The van der Waals surface area contributed by atoms with Gasteiger partial charge in [-0.05, 0) is 30.2 Å². The molecule has 0 saturated carbocycles. The molecule has 2 rings (SSSR count). The number of hydrogen-bond donors (Lipinski definition) is 0. The average molecular weight is 220 g/mol. The zero-order valence-electron chi connectivity index (χ0n) is 9.43. The van der Waals surface area contributed by atoms with E-state index in [-0.39, 0.29) is 0 Å². The number of nitrogens with zero attached hydrogens (tertiary/aromatic N) is 2. The van der Waals surface area contributed by atoms with Gasteiger partial charge in [-0.25, -0.2) is 0 Å². The largest absolute Gasteiger partial charge is 0.256 e. The number of nitriles is 1. The van der Waals surface area contributed by atoms with Crippen LogP contribution in [-0.2, 0) is 6.42 Å². The third-order valence-corrected chi connectivity index (χ3v) is 2.51. The van der Waals surface area contributed by atoms with Crippen molar-refractivity contribution in [3.63, 3.8) is 0 Å². The van der Waals surface area contributed by atoms with E-state index >= 15 is 0 Å². The van der Waals surface area contributed by atoms with Gasteiger partial charge in [0.05, 0.1) is 17.3 Å². The Kier molecular flexibility index (Phi) is 3.32. The normalized spacial score (nSPS) is 9.59. The molecule has 17 heavy (non-hydrogen) atoms. The Hall–Kier alpha value is -2.40. The fraction of sp³-hybridized carbons (Fsp3) is 0.0667. The first-order valence-electron chi connectivity index (χ1n) is 5.40. The standard InChI is InChI=1S/C15H12N2/c1-2-3-13-6-9-15(17-11-13)14-7-4-12(10-16)5-8-14/h2,4-9,11H,1,3H2. The molecule has 0 spiro atoms. The molecule has 1 aromatic carbocycles. The van der Waals surface area contributed by atoms with Crippen LogP contribution < -0.4 is 0 Å². The van der Waals surface area contributed by atoms with Gasteiger partial charge in [-0.3, -0.25) is 4.98 Å². The van der Waals surface area contributed by atoms with Gasteiger partial charge in [0.25, 0.3) is 0 Å². The summed E-state index contributed by atoms with van der Waals surface area (Å²) < 4.78 is 0. The molecule has 0 unspecified atom stereocenters. The van der Waals surface area contributed by atoms with Crippen molar-refractivity contribution in [1.82, 2.24) is 4.98 Å². The summed E-state index contributed by atoms with van der Waals surface area (Å²) in [6.07, 6.45) is 4.55. The molecule has 0 amide bonds. The van der Waals surface area contributed by atoms with E-state index in [4.69, 9.17) is 5.26 Å². The van der Waals surface area contributed by atoms with Gasteiger partial charge in [0.1, 0.15) is 0 Å². The first-order valence-corrected chi connectivity index (χ1v) is 5.40. The molecule has 1 aromatic heterocycles. The Bertz CT molecular complexity index is 545. The molecule has 0 aliphatic heterocycles. The zero-order valence-corrected chi connectivity index (χ0v) is 9.43. The summed E-state index contributed by atoms with van der Waals surface area (Å²) in [4.78, 5) is 4.39. The molecule has 0 radical (unpaired) electrons. The molecule has 0 bridgehead atoms. The molecular weight excluding hydrogens is 208 g/mol. The molecular formula is C15H12N2. The van der Waals surface area contributed by atoms with Crippen molar-refractivity contribution < 1.29 is 0 Å². The molecule has 0 aliphatic carbocycles. The Morgan fingerprint density at radius 3 is 2.47 bits per heavy atom. The van der Waals surface area contributed by atoms with Gasteiger partial charge < -0.3 is 0 Å². The summed E-state index contributed by atoms with van der Waals surface area (Å²) in [5.74, 6) is 0. The van der Waals surface area contributed by atoms with E-state index < -0.39 is 0 Å². The van der Waals surface area contributed by atoms with Crippen LogP contribution in [-0.4, -0.2) is 4.98 Å². The van der Waals surface area contributed by atoms with Gasteiger partial charge in [0.15, 0.2) is 0 Å². The molecule has 0 saturated heterocycles. The van der Waals surface area contributed by atoms with Crippen LogP contribution in [0, 0.1) is 11.3 Å². The van der Waals surface area contributed by atoms with Crippen LogP contribution in [0.2, 0.25) is 0 Å².